The third-order valence-electron chi connectivity index (χ3n) is 2.92. The number of halogens is 1. The standard InChI is InChI=1S/C16H17IN4O/c1-21(2)15-9-7-14(8-10-15)20-19-13-5-3-12(4-6-13)18-16(22)11-17/h3-10H,11H2,1-2H3,(H,18,22)/b20-19+. The fourth-order valence-corrected chi connectivity index (χ4v) is 1.93. The molecule has 1 N–H and O–H groups in total. The van der Waals surface area contributed by atoms with Crippen molar-refractivity contribution in [2.24, 2.45) is 10.2 Å². The molecular formula is C16H17IN4O. The van der Waals surface area contributed by atoms with Gasteiger partial charge in [0, 0.05) is 25.5 Å². The number of carbonyl (C=O) groups excluding carboxylic acids is 1. The summed E-state index contributed by atoms with van der Waals surface area (Å²) in [6, 6.07) is 15.1. The molecule has 114 valence electrons. The molecule has 0 unspecified atom stereocenters. The van der Waals surface area contributed by atoms with E-state index in [1.807, 2.05) is 90.1 Å². The van der Waals surface area contributed by atoms with Gasteiger partial charge >= 0.3 is 0 Å². The van der Waals surface area contributed by atoms with Gasteiger partial charge in [0.05, 0.1) is 15.8 Å². The van der Waals surface area contributed by atoms with Gasteiger partial charge in [-0.3, -0.25) is 4.79 Å². The van der Waals surface area contributed by atoms with Gasteiger partial charge in [-0.25, -0.2) is 0 Å². The van der Waals surface area contributed by atoms with Crippen LogP contribution in [0.3, 0.4) is 0 Å². The van der Waals surface area contributed by atoms with Crippen LogP contribution in [0.4, 0.5) is 22.7 Å². The van der Waals surface area contributed by atoms with Gasteiger partial charge < -0.3 is 10.2 Å². The Bertz CT molecular complexity index is 651. The van der Waals surface area contributed by atoms with Gasteiger partial charge in [0.25, 0.3) is 0 Å². The Hall–Kier alpha value is -1.96. The van der Waals surface area contributed by atoms with Crippen LogP contribution in [0.25, 0.3) is 0 Å². The first-order chi connectivity index (χ1) is 10.6. The van der Waals surface area contributed by atoms with Crippen LogP contribution in [0.5, 0.6) is 0 Å². The maximum absolute atomic E-state index is 11.3. The van der Waals surface area contributed by atoms with Crippen LogP contribution in [0, 0.1) is 0 Å². The Kier molecular flexibility index (Phi) is 5.88. The van der Waals surface area contributed by atoms with E-state index in [9.17, 15) is 4.79 Å². The van der Waals surface area contributed by atoms with E-state index in [1.165, 1.54) is 0 Å². The Balaban J connectivity index is 2.02. The van der Waals surface area contributed by atoms with Crippen molar-refractivity contribution < 1.29 is 4.79 Å². The number of carbonyl (C=O) groups is 1. The highest BCUT2D eigenvalue weighted by Crippen LogP contribution is 2.22. The fourth-order valence-electron chi connectivity index (χ4n) is 1.74. The van der Waals surface area contributed by atoms with E-state index in [1.54, 1.807) is 0 Å². The number of hydrogen-bond acceptors (Lipinski definition) is 4. The number of alkyl halides is 1. The molecular weight excluding hydrogens is 391 g/mol. The van der Waals surface area contributed by atoms with Gasteiger partial charge in [0.15, 0.2) is 0 Å². The SMILES string of the molecule is CN(C)c1ccc(/N=N/c2ccc(NC(=O)CI)cc2)cc1. The predicted octanol–water partition coefficient (Wildman–Crippen LogP) is 4.54. The van der Waals surface area contributed by atoms with Gasteiger partial charge in [0.2, 0.25) is 5.91 Å². The third-order valence-corrected chi connectivity index (χ3v) is 3.61. The minimum absolute atomic E-state index is 0.0176. The summed E-state index contributed by atoms with van der Waals surface area (Å²) in [5.74, 6) is -0.0176. The Morgan fingerprint density at radius 1 is 1.00 bits per heavy atom. The molecule has 2 rings (SSSR count). The zero-order chi connectivity index (χ0) is 15.9. The molecule has 2 aromatic rings. The number of azo groups is 1. The predicted molar refractivity (Wildman–Crippen MR) is 98.9 cm³/mol. The fraction of sp³-hybridized carbons (Fsp3) is 0.188. The largest absolute Gasteiger partial charge is 0.378 e. The second kappa shape index (κ2) is 7.88. The van der Waals surface area contributed by atoms with Crippen molar-refractivity contribution in [3.63, 3.8) is 0 Å². The van der Waals surface area contributed by atoms with E-state index in [0.717, 1.165) is 22.7 Å². The molecule has 6 heteroatoms. The van der Waals surface area contributed by atoms with Gasteiger partial charge in [-0.05, 0) is 48.5 Å². The van der Waals surface area contributed by atoms with Crippen LogP contribution < -0.4 is 10.2 Å². The van der Waals surface area contributed by atoms with E-state index >= 15 is 0 Å². The van der Waals surface area contributed by atoms with Gasteiger partial charge in [-0.2, -0.15) is 10.2 Å². The smallest absolute Gasteiger partial charge is 0.234 e. The summed E-state index contributed by atoms with van der Waals surface area (Å²) >= 11 is 2.02. The van der Waals surface area contributed by atoms with Crippen molar-refractivity contribution >= 4 is 51.2 Å². The Morgan fingerprint density at radius 3 is 1.95 bits per heavy atom. The molecule has 0 radical (unpaired) electrons. The van der Waals surface area contributed by atoms with Crippen molar-refractivity contribution in [1.82, 2.24) is 0 Å². The monoisotopic (exact) mass is 408 g/mol. The number of anilines is 2. The molecule has 0 saturated carbocycles. The molecule has 0 heterocycles. The first-order valence-corrected chi connectivity index (χ1v) is 8.26. The topological polar surface area (TPSA) is 57.1 Å². The molecule has 0 bridgehead atoms. The lowest BCUT2D eigenvalue weighted by molar-refractivity contribution is -0.113. The third kappa shape index (κ3) is 4.80. The summed E-state index contributed by atoms with van der Waals surface area (Å²) in [7, 11) is 3.99. The van der Waals surface area contributed by atoms with Crippen molar-refractivity contribution in [2.75, 3.05) is 28.7 Å². The molecule has 0 aliphatic rings. The second-order valence-electron chi connectivity index (χ2n) is 4.84. The van der Waals surface area contributed by atoms with Crippen molar-refractivity contribution in [3.8, 4) is 0 Å². The van der Waals surface area contributed by atoms with Crippen molar-refractivity contribution in [2.45, 2.75) is 0 Å². The summed E-state index contributed by atoms with van der Waals surface area (Å²) in [6.45, 7) is 0. The minimum Gasteiger partial charge on any atom is -0.378 e. The zero-order valence-corrected chi connectivity index (χ0v) is 14.6. The van der Waals surface area contributed by atoms with Crippen LogP contribution in [0.15, 0.2) is 58.8 Å². The molecule has 0 aliphatic heterocycles. The van der Waals surface area contributed by atoms with Gasteiger partial charge in [-0.1, -0.05) is 22.6 Å². The average Bonchev–Trinajstić information content (AvgIpc) is 2.54. The lowest BCUT2D eigenvalue weighted by Crippen LogP contribution is -2.11. The number of benzene rings is 2. The molecule has 22 heavy (non-hydrogen) atoms. The zero-order valence-electron chi connectivity index (χ0n) is 12.5. The second-order valence-corrected chi connectivity index (χ2v) is 5.60. The lowest BCUT2D eigenvalue weighted by atomic mass is 10.3. The summed E-state index contributed by atoms with van der Waals surface area (Å²) < 4.78 is 0.433. The summed E-state index contributed by atoms with van der Waals surface area (Å²) in [5.41, 5.74) is 3.42. The molecule has 2 aromatic carbocycles. The van der Waals surface area contributed by atoms with E-state index < -0.39 is 0 Å². The van der Waals surface area contributed by atoms with Crippen molar-refractivity contribution in [1.29, 1.82) is 0 Å². The molecule has 0 saturated heterocycles. The summed E-state index contributed by atoms with van der Waals surface area (Å²) in [5, 5.41) is 11.2. The maximum atomic E-state index is 11.3. The number of nitrogens with zero attached hydrogens (tertiary/aromatic N) is 3. The van der Waals surface area contributed by atoms with Crippen LogP contribution in [-0.2, 0) is 4.79 Å². The quantitative estimate of drug-likeness (QED) is 0.449. The number of nitrogens with one attached hydrogen (secondary N) is 1. The normalized spacial score (nSPS) is 10.7. The first-order valence-electron chi connectivity index (χ1n) is 6.73. The molecule has 0 fully saturated rings. The minimum atomic E-state index is -0.0176. The molecule has 0 aromatic heterocycles. The van der Waals surface area contributed by atoms with Crippen LogP contribution in [0.2, 0.25) is 0 Å². The van der Waals surface area contributed by atoms with Crippen LogP contribution in [0.1, 0.15) is 0 Å². The average molecular weight is 408 g/mol. The lowest BCUT2D eigenvalue weighted by Gasteiger charge is -2.11. The molecule has 1 amide bonds. The highest BCUT2D eigenvalue weighted by molar-refractivity contribution is 14.1. The first kappa shape index (κ1) is 16.4. The van der Waals surface area contributed by atoms with Gasteiger partial charge in [-0.15, -0.1) is 0 Å². The summed E-state index contributed by atoms with van der Waals surface area (Å²) in [6.07, 6.45) is 0. The molecule has 0 aliphatic carbocycles. The number of rotatable bonds is 5. The van der Waals surface area contributed by atoms with E-state index in [0.29, 0.717) is 4.43 Å². The Morgan fingerprint density at radius 2 is 1.50 bits per heavy atom. The summed E-state index contributed by atoms with van der Waals surface area (Å²) in [4.78, 5) is 13.3. The van der Waals surface area contributed by atoms with E-state index in [4.69, 9.17) is 0 Å². The van der Waals surface area contributed by atoms with Crippen LogP contribution in [-0.4, -0.2) is 24.4 Å². The Labute approximate surface area is 143 Å². The molecule has 0 atom stereocenters. The van der Waals surface area contributed by atoms with Crippen LogP contribution >= 0.6 is 22.6 Å². The van der Waals surface area contributed by atoms with E-state index in [2.05, 4.69) is 15.5 Å². The highest BCUT2D eigenvalue weighted by atomic mass is 127. The maximum Gasteiger partial charge on any atom is 0.234 e. The number of amides is 1. The molecule has 0 spiro atoms. The van der Waals surface area contributed by atoms with E-state index in [-0.39, 0.29) is 5.91 Å². The highest BCUT2D eigenvalue weighted by Gasteiger charge is 1.99. The van der Waals surface area contributed by atoms with Crippen molar-refractivity contribution in [3.05, 3.63) is 48.5 Å². The van der Waals surface area contributed by atoms with Gasteiger partial charge in [0.1, 0.15) is 0 Å². The molecule has 5 nitrogen and oxygen atoms in total. The number of hydrogen-bond donors (Lipinski definition) is 1.